The Morgan fingerprint density at radius 3 is 2.64 bits per heavy atom. The fraction of sp³-hybridized carbons (Fsp3) is 0.667. The molecule has 0 bridgehead atoms. The first-order valence-corrected chi connectivity index (χ1v) is 9.35. The molecule has 0 unspecified atom stereocenters. The quantitative estimate of drug-likeness (QED) is 0.793. The van der Waals surface area contributed by atoms with Crippen molar-refractivity contribution in [3.05, 3.63) is 17.7 Å². The number of ketones is 1. The van der Waals surface area contributed by atoms with Crippen molar-refractivity contribution in [2.24, 2.45) is 22.7 Å². The van der Waals surface area contributed by atoms with Crippen LogP contribution in [0.4, 0.5) is 0 Å². The van der Waals surface area contributed by atoms with Gasteiger partial charge in [-0.05, 0) is 61.5 Å². The summed E-state index contributed by atoms with van der Waals surface area (Å²) in [6, 6.07) is 3.16. The summed E-state index contributed by atoms with van der Waals surface area (Å²) in [6.45, 7) is 6.65. The second-order valence-corrected chi connectivity index (χ2v) is 8.52. The Balaban J connectivity index is 2.05. The van der Waals surface area contributed by atoms with Gasteiger partial charge in [0.05, 0.1) is 7.11 Å². The number of phenolic OH excluding ortho intramolecular Hbond substituents is 2. The van der Waals surface area contributed by atoms with Gasteiger partial charge in [-0.3, -0.25) is 4.79 Å². The van der Waals surface area contributed by atoms with E-state index in [4.69, 9.17) is 4.74 Å². The lowest BCUT2D eigenvalue weighted by molar-refractivity contribution is -0.148. The van der Waals surface area contributed by atoms with Crippen molar-refractivity contribution in [1.82, 2.24) is 0 Å². The number of ether oxygens (including phenoxy) is 1. The van der Waals surface area contributed by atoms with Gasteiger partial charge >= 0.3 is 0 Å². The van der Waals surface area contributed by atoms with Crippen LogP contribution in [0.25, 0.3) is 0 Å². The third-order valence-corrected chi connectivity index (χ3v) is 7.32. The number of carbonyl (C=O) groups is 1. The number of benzene rings is 1. The lowest BCUT2D eigenvalue weighted by atomic mass is 9.46. The van der Waals surface area contributed by atoms with Crippen LogP contribution in [-0.2, 0) is 11.2 Å². The minimum atomic E-state index is -0.265. The zero-order chi connectivity index (χ0) is 18.4. The van der Waals surface area contributed by atoms with Gasteiger partial charge < -0.3 is 14.9 Å². The van der Waals surface area contributed by atoms with E-state index in [1.54, 1.807) is 13.2 Å². The number of aromatic hydroxyl groups is 2. The number of hydrogen-bond donors (Lipinski definition) is 2. The molecule has 2 fully saturated rings. The highest BCUT2D eigenvalue weighted by molar-refractivity contribution is 5.85. The molecule has 1 aromatic carbocycles. The molecular weight excluding hydrogens is 316 g/mol. The van der Waals surface area contributed by atoms with E-state index in [0.717, 1.165) is 25.7 Å². The SMILES string of the molecule is COc1ccc(O)c(O)c1C[C@]1(C)[C@@H](C)CC[C@]2(C)C(=O)CCC[C@@H]12. The molecule has 2 N–H and O–H groups in total. The highest BCUT2D eigenvalue weighted by atomic mass is 16.5. The summed E-state index contributed by atoms with van der Waals surface area (Å²) >= 11 is 0. The van der Waals surface area contributed by atoms with Crippen molar-refractivity contribution in [2.75, 3.05) is 7.11 Å². The van der Waals surface area contributed by atoms with Crippen molar-refractivity contribution in [3.63, 3.8) is 0 Å². The third-order valence-electron chi connectivity index (χ3n) is 7.32. The van der Waals surface area contributed by atoms with Crippen LogP contribution >= 0.6 is 0 Å². The fourth-order valence-electron chi connectivity index (χ4n) is 5.47. The first kappa shape index (κ1) is 18.1. The molecule has 0 radical (unpaired) electrons. The number of fused-ring (bicyclic) bond motifs is 1. The van der Waals surface area contributed by atoms with E-state index in [2.05, 4.69) is 20.8 Å². The second-order valence-electron chi connectivity index (χ2n) is 8.52. The van der Waals surface area contributed by atoms with Crippen LogP contribution in [0, 0.1) is 22.7 Å². The number of rotatable bonds is 3. The van der Waals surface area contributed by atoms with Gasteiger partial charge in [-0.15, -0.1) is 0 Å². The molecule has 4 nitrogen and oxygen atoms in total. The van der Waals surface area contributed by atoms with Crippen LogP contribution in [0.1, 0.15) is 58.4 Å². The molecule has 4 heteroatoms. The molecule has 0 aliphatic heterocycles. The number of phenols is 2. The Labute approximate surface area is 150 Å². The number of carbonyl (C=O) groups excluding carboxylic acids is 1. The van der Waals surface area contributed by atoms with Crippen molar-refractivity contribution in [2.45, 2.75) is 59.3 Å². The number of hydrogen-bond acceptors (Lipinski definition) is 4. The average molecular weight is 346 g/mol. The van der Waals surface area contributed by atoms with Gasteiger partial charge in [0, 0.05) is 17.4 Å². The molecule has 25 heavy (non-hydrogen) atoms. The van der Waals surface area contributed by atoms with E-state index < -0.39 is 0 Å². The minimum Gasteiger partial charge on any atom is -0.504 e. The first-order valence-electron chi connectivity index (χ1n) is 9.35. The normalized spacial score (nSPS) is 35.3. The summed E-state index contributed by atoms with van der Waals surface area (Å²) in [4.78, 5) is 12.7. The summed E-state index contributed by atoms with van der Waals surface area (Å²) < 4.78 is 5.45. The Morgan fingerprint density at radius 2 is 1.96 bits per heavy atom. The second kappa shape index (κ2) is 6.22. The van der Waals surface area contributed by atoms with Gasteiger partial charge in [-0.25, -0.2) is 0 Å². The molecule has 2 aliphatic rings. The highest BCUT2D eigenvalue weighted by Gasteiger charge is 2.56. The van der Waals surface area contributed by atoms with E-state index in [0.29, 0.717) is 35.9 Å². The van der Waals surface area contributed by atoms with E-state index in [-0.39, 0.29) is 28.2 Å². The van der Waals surface area contributed by atoms with Crippen LogP contribution in [0.3, 0.4) is 0 Å². The Hall–Kier alpha value is -1.71. The molecular formula is C21H30O4. The molecule has 2 saturated carbocycles. The average Bonchev–Trinajstić information content (AvgIpc) is 2.58. The molecule has 2 aliphatic carbocycles. The highest BCUT2D eigenvalue weighted by Crippen LogP contribution is 2.60. The van der Waals surface area contributed by atoms with Crippen LogP contribution in [-0.4, -0.2) is 23.1 Å². The summed E-state index contributed by atoms with van der Waals surface area (Å²) in [6.07, 6.45) is 5.26. The Morgan fingerprint density at radius 1 is 1.24 bits per heavy atom. The van der Waals surface area contributed by atoms with E-state index >= 15 is 0 Å². The van der Waals surface area contributed by atoms with Crippen LogP contribution in [0.2, 0.25) is 0 Å². The smallest absolute Gasteiger partial charge is 0.164 e. The largest absolute Gasteiger partial charge is 0.504 e. The molecule has 1 aromatic rings. The lowest BCUT2D eigenvalue weighted by Gasteiger charge is -2.57. The third kappa shape index (κ3) is 2.70. The minimum absolute atomic E-state index is 0.0952. The van der Waals surface area contributed by atoms with Crippen LogP contribution in [0.15, 0.2) is 12.1 Å². The maximum atomic E-state index is 12.7. The van der Waals surface area contributed by atoms with E-state index in [1.165, 1.54) is 6.07 Å². The fourth-order valence-corrected chi connectivity index (χ4v) is 5.47. The molecule has 4 atom stereocenters. The summed E-state index contributed by atoms with van der Waals surface area (Å²) in [5, 5.41) is 20.4. The summed E-state index contributed by atoms with van der Waals surface area (Å²) in [7, 11) is 1.58. The van der Waals surface area contributed by atoms with Gasteiger partial charge in [-0.1, -0.05) is 20.8 Å². The molecule has 0 spiro atoms. The molecule has 3 rings (SSSR count). The summed E-state index contributed by atoms with van der Waals surface area (Å²) in [5.74, 6) is 1.50. The maximum Gasteiger partial charge on any atom is 0.164 e. The predicted molar refractivity (Wildman–Crippen MR) is 97.0 cm³/mol. The Kier molecular flexibility index (Phi) is 4.50. The number of methoxy groups -OCH3 is 1. The van der Waals surface area contributed by atoms with Crippen molar-refractivity contribution in [3.8, 4) is 17.2 Å². The van der Waals surface area contributed by atoms with Gasteiger partial charge in [-0.2, -0.15) is 0 Å². The topological polar surface area (TPSA) is 66.8 Å². The molecule has 0 aromatic heterocycles. The predicted octanol–water partition coefficient (Wildman–Crippen LogP) is 4.46. The molecule has 0 amide bonds. The van der Waals surface area contributed by atoms with Crippen LogP contribution < -0.4 is 4.74 Å². The van der Waals surface area contributed by atoms with E-state index in [1.807, 2.05) is 0 Å². The van der Waals surface area contributed by atoms with Gasteiger partial charge in [0.15, 0.2) is 11.5 Å². The molecule has 0 heterocycles. The van der Waals surface area contributed by atoms with Crippen molar-refractivity contribution >= 4 is 5.78 Å². The summed E-state index contributed by atoms with van der Waals surface area (Å²) in [5.41, 5.74) is 0.264. The van der Waals surface area contributed by atoms with Crippen molar-refractivity contribution < 1.29 is 19.7 Å². The van der Waals surface area contributed by atoms with Crippen LogP contribution in [0.5, 0.6) is 17.2 Å². The first-order chi connectivity index (χ1) is 11.7. The molecule has 138 valence electrons. The van der Waals surface area contributed by atoms with Gasteiger partial charge in [0.25, 0.3) is 0 Å². The maximum absolute atomic E-state index is 12.7. The van der Waals surface area contributed by atoms with Gasteiger partial charge in [0.2, 0.25) is 0 Å². The number of Topliss-reactive ketones (excluding diaryl/α,β-unsaturated/α-hetero) is 1. The molecule has 0 saturated heterocycles. The lowest BCUT2D eigenvalue weighted by Crippen LogP contribution is -2.54. The monoisotopic (exact) mass is 346 g/mol. The Bertz CT molecular complexity index is 683. The van der Waals surface area contributed by atoms with Crippen molar-refractivity contribution in [1.29, 1.82) is 0 Å². The van der Waals surface area contributed by atoms with Gasteiger partial charge in [0.1, 0.15) is 11.5 Å². The zero-order valence-electron chi connectivity index (χ0n) is 15.8. The standard InChI is InChI=1S/C21H30O4/c1-13-10-11-20(2)17(6-5-7-18(20)23)21(13,3)12-14-16(25-4)9-8-15(22)19(14)24/h8-9,13,17,22,24H,5-7,10-12H2,1-4H3/t13-,17+,20-,21+/m0/s1. The zero-order valence-corrected chi connectivity index (χ0v) is 15.8. The van der Waals surface area contributed by atoms with E-state index in [9.17, 15) is 15.0 Å².